The third-order valence-electron chi connectivity index (χ3n) is 3.49. The molecule has 1 atom stereocenters. The first-order valence-corrected chi connectivity index (χ1v) is 7.05. The lowest BCUT2D eigenvalue weighted by Crippen LogP contribution is -2.31. The minimum absolute atomic E-state index is 0.0813. The molecule has 0 aliphatic heterocycles. The third kappa shape index (κ3) is 3.40. The monoisotopic (exact) mass is 289 g/mol. The van der Waals surface area contributed by atoms with Crippen LogP contribution in [0, 0.1) is 6.92 Å². The van der Waals surface area contributed by atoms with E-state index in [-0.39, 0.29) is 12.1 Å². The number of nitrogens with one attached hydrogen (secondary N) is 1. The number of nitrogens with zero attached hydrogens (tertiary/aromatic N) is 3. The molecule has 0 spiro atoms. The molecule has 1 aromatic heterocycles. The van der Waals surface area contributed by atoms with Crippen LogP contribution >= 0.6 is 0 Å². The first kappa shape index (κ1) is 15.5. The van der Waals surface area contributed by atoms with E-state index in [1.807, 2.05) is 23.7 Å². The van der Waals surface area contributed by atoms with Gasteiger partial charge in [-0.2, -0.15) is 5.10 Å². The molecular formula is C15H23N5O. The average Bonchev–Trinajstić information content (AvgIpc) is 2.93. The van der Waals surface area contributed by atoms with Gasteiger partial charge in [-0.05, 0) is 32.4 Å². The second kappa shape index (κ2) is 6.69. The maximum Gasteiger partial charge on any atom is 0.138 e. The SMILES string of the molecule is COc1cc(C)ccc1C(Cc1ncnn1C(C)C)NN. The molecule has 3 N–H and O–H groups in total. The number of aryl methyl sites for hydroxylation is 1. The van der Waals surface area contributed by atoms with Gasteiger partial charge in [0.15, 0.2) is 0 Å². The highest BCUT2D eigenvalue weighted by atomic mass is 16.5. The molecule has 1 heterocycles. The molecule has 0 bridgehead atoms. The molecule has 2 rings (SSSR count). The van der Waals surface area contributed by atoms with Gasteiger partial charge >= 0.3 is 0 Å². The first-order valence-electron chi connectivity index (χ1n) is 7.05. The zero-order chi connectivity index (χ0) is 15.4. The molecule has 1 aromatic carbocycles. The number of aromatic nitrogens is 3. The molecule has 21 heavy (non-hydrogen) atoms. The maximum absolute atomic E-state index is 5.75. The van der Waals surface area contributed by atoms with Gasteiger partial charge in [-0.3, -0.25) is 11.3 Å². The smallest absolute Gasteiger partial charge is 0.138 e. The normalized spacial score (nSPS) is 12.7. The Kier molecular flexibility index (Phi) is 4.93. The van der Waals surface area contributed by atoms with Crippen molar-refractivity contribution in [2.45, 2.75) is 39.3 Å². The van der Waals surface area contributed by atoms with Crippen molar-refractivity contribution in [2.75, 3.05) is 7.11 Å². The summed E-state index contributed by atoms with van der Waals surface area (Å²) >= 11 is 0. The summed E-state index contributed by atoms with van der Waals surface area (Å²) in [5, 5.41) is 4.26. The van der Waals surface area contributed by atoms with E-state index < -0.39 is 0 Å². The molecule has 6 nitrogen and oxygen atoms in total. The summed E-state index contributed by atoms with van der Waals surface area (Å²) in [5.74, 6) is 7.47. The predicted molar refractivity (Wildman–Crippen MR) is 81.9 cm³/mol. The van der Waals surface area contributed by atoms with Crippen molar-refractivity contribution in [3.63, 3.8) is 0 Å². The number of hydrogen-bond donors (Lipinski definition) is 2. The van der Waals surface area contributed by atoms with Gasteiger partial charge in [-0.25, -0.2) is 9.67 Å². The summed E-state index contributed by atoms with van der Waals surface area (Å²) in [6.07, 6.45) is 2.23. The summed E-state index contributed by atoms with van der Waals surface area (Å²) in [7, 11) is 1.67. The molecule has 0 radical (unpaired) electrons. The number of hydrogen-bond acceptors (Lipinski definition) is 5. The van der Waals surface area contributed by atoms with Gasteiger partial charge in [-0.15, -0.1) is 0 Å². The van der Waals surface area contributed by atoms with Crippen LogP contribution in [-0.2, 0) is 6.42 Å². The van der Waals surface area contributed by atoms with Crippen molar-refractivity contribution in [3.8, 4) is 5.75 Å². The van der Waals surface area contributed by atoms with Crippen LogP contribution in [-0.4, -0.2) is 21.9 Å². The molecule has 1 unspecified atom stereocenters. The quantitative estimate of drug-likeness (QED) is 0.627. The summed E-state index contributed by atoms with van der Waals surface area (Å²) in [5.41, 5.74) is 5.02. The zero-order valence-electron chi connectivity index (χ0n) is 13.0. The second-order valence-electron chi connectivity index (χ2n) is 5.38. The van der Waals surface area contributed by atoms with E-state index in [1.54, 1.807) is 13.4 Å². The van der Waals surface area contributed by atoms with E-state index in [0.29, 0.717) is 6.42 Å². The van der Waals surface area contributed by atoms with Crippen LogP contribution in [0.2, 0.25) is 0 Å². The molecule has 114 valence electrons. The van der Waals surface area contributed by atoms with Gasteiger partial charge in [0.25, 0.3) is 0 Å². The summed E-state index contributed by atoms with van der Waals surface area (Å²) in [6, 6.07) is 6.28. The lowest BCUT2D eigenvalue weighted by molar-refractivity contribution is 0.395. The largest absolute Gasteiger partial charge is 0.496 e. The highest BCUT2D eigenvalue weighted by Crippen LogP contribution is 2.28. The van der Waals surface area contributed by atoms with Crippen LogP contribution in [0.3, 0.4) is 0 Å². The number of rotatable bonds is 6. The van der Waals surface area contributed by atoms with E-state index in [1.165, 1.54) is 0 Å². The van der Waals surface area contributed by atoms with Crippen molar-refractivity contribution in [2.24, 2.45) is 5.84 Å². The topological polar surface area (TPSA) is 78.0 Å². The first-order chi connectivity index (χ1) is 10.1. The van der Waals surface area contributed by atoms with Crippen LogP contribution in [0.1, 0.15) is 42.9 Å². The van der Waals surface area contributed by atoms with Gasteiger partial charge in [0, 0.05) is 18.0 Å². The number of nitrogens with two attached hydrogens (primary N) is 1. The molecule has 0 aliphatic carbocycles. The van der Waals surface area contributed by atoms with Crippen LogP contribution in [0.15, 0.2) is 24.5 Å². The molecule has 0 saturated carbocycles. The minimum atomic E-state index is -0.0813. The fourth-order valence-corrected chi connectivity index (χ4v) is 2.40. The van der Waals surface area contributed by atoms with Crippen LogP contribution in [0.4, 0.5) is 0 Å². The fourth-order valence-electron chi connectivity index (χ4n) is 2.40. The Hall–Kier alpha value is -1.92. The van der Waals surface area contributed by atoms with Crippen molar-refractivity contribution in [1.29, 1.82) is 0 Å². The number of benzene rings is 1. The summed E-state index contributed by atoms with van der Waals surface area (Å²) in [4.78, 5) is 4.34. The number of methoxy groups -OCH3 is 1. The molecule has 0 amide bonds. The Balaban J connectivity index is 2.30. The van der Waals surface area contributed by atoms with Gasteiger partial charge in [0.1, 0.15) is 17.9 Å². The van der Waals surface area contributed by atoms with Crippen LogP contribution in [0.25, 0.3) is 0 Å². The van der Waals surface area contributed by atoms with Crippen molar-refractivity contribution in [1.82, 2.24) is 20.2 Å². The van der Waals surface area contributed by atoms with Crippen molar-refractivity contribution >= 4 is 0 Å². The van der Waals surface area contributed by atoms with Crippen molar-refractivity contribution < 1.29 is 4.74 Å². The third-order valence-corrected chi connectivity index (χ3v) is 3.49. The Bertz CT molecular complexity index is 593. The van der Waals surface area contributed by atoms with Crippen LogP contribution in [0.5, 0.6) is 5.75 Å². The summed E-state index contributed by atoms with van der Waals surface area (Å²) in [6.45, 7) is 6.19. The predicted octanol–water partition coefficient (Wildman–Crippen LogP) is 1.92. The summed E-state index contributed by atoms with van der Waals surface area (Å²) < 4.78 is 7.38. The number of ether oxygens (including phenoxy) is 1. The standard InChI is InChI=1S/C15H23N5O/c1-10(2)20-15(17-9-18-20)8-13(19-16)12-6-5-11(3)7-14(12)21-4/h5-7,9-10,13,19H,8,16H2,1-4H3. The molecule has 0 saturated heterocycles. The van der Waals surface area contributed by atoms with E-state index in [2.05, 4.69) is 35.4 Å². The molecule has 6 heteroatoms. The minimum Gasteiger partial charge on any atom is -0.496 e. The van der Waals surface area contributed by atoms with E-state index >= 15 is 0 Å². The highest BCUT2D eigenvalue weighted by Gasteiger charge is 2.19. The second-order valence-corrected chi connectivity index (χ2v) is 5.38. The highest BCUT2D eigenvalue weighted by molar-refractivity contribution is 5.39. The van der Waals surface area contributed by atoms with Crippen molar-refractivity contribution in [3.05, 3.63) is 41.5 Å². The van der Waals surface area contributed by atoms with Gasteiger partial charge in [0.05, 0.1) is 13.2 Å². The lowest BCUT2D eigenvalue weighted by Gasteiger charge is -2.20. The number of hydrazine groups is 1. The van der Waals surface area contributed by atoms with Gasteiger partial charge in [0.2, 0.25) is 0 Å². The van der Waals surface area contributed by atoms with E-state index in [4.69, 9.17) is 10.6 Å². The fraction of sp³-hybridized carbons (Fsp3) is 0.467. The Morgan fingerprint density at radius 2 is 2.14 bits per heavy atom. The van der Waals surface area contributed by atoms with E-state index in [9.17, 15) is 0 Å². The maximum atomic E-state index is 5.75. The lowest BCUT2D eigenvalue weighted by atomic mass is 10.0. The van der Waals surface area contributed by atoms with E-state index in [0.717, 1.165) is 22.7 Å². The molecule has 2 aromatic rings. The average molecular weight is 289 g/mol. The van der Waals surface area contributed by atoms with Gasteiger partial charge in [-0.1, -0.05) is 12.1 Å². The Morgan fingerprint density at radius 3 is 2.76 bits per heavy atom. The molecule has 0 aliphatic rings. The Morgan fingerprint density at radius 1 is 1.38 bits per heavy atom. The van der Waals surface area contributed by atoms with Gasteiger partial charge < -0.3 is 4.74 Å². The Labute approximate surface area is 125 Å². The zero-order valence-corrected chi connectivity index (χ0v) is 13.0. The molecular weight excluding hydrogens is 266 g/mol. The molecule has 0 fully saturated rings. The van der Waals surface area contributed by atoms with Crippen LogP contribution < -0.4 is 16.0 Å².